The van der Waals surface area contributed by atoms with Gasteiger partial charge < -0.3 is 14.7 Å². The third kappa shape index (κ3) is 4.58. The van der Waals surface area contributed by atoms with E-state index in [-0.39, 0.29) is 6.61 Å². The Morgan fingerprint density at radius 2 is 1.69 bits per heavy atom. The van der Waals surface area contributed by atoms with Crippen molar-refractivity contribution in [3.8, 4) is 5.75 Å². The Hall–Kier alpha value is -3.31. The number of aromatic nitrogens is 2. The molecule has 0 bridgehead atoms. The molecule has 0 aliphatic rings. The Bertz CT molecular complexity index is 1080. The molecule has 0 saturated carbocycles. The van der Waals surface area contributed by atoms with Gasteiger partial charge in [-0.15, -0.1) is 0 Å². The van der Waals surface area contributed by atoms with Gasteiger partial charge in [0, 0.05) is 12.8 Å². The SMILES string of the molecule is COc1cccc(C[C@@H](O)COn2c(Cc3ccccc3)nc3ccccc32)c1. The first kappa shape index (κ1) is 19.0. The van der Waals surface area contributed by atoms with Gasteiger partial charge in [-0.25, -0.2) is 4.98 Å². The lowest BCUT2D eigenvalue weighted by molar-refractivity contribution is 0.0286. The van der Waals surface area contributed by atoms with Crippen LogP contribution in [0.25, 0.3) is 11.0 Å². The number of nitrogens with zero attached hydrogens (tertiary/aromatic N) is 2. The largest absolute Gasteiger partial charge is 0.497 e. The second-order valence-corrected chi connectivity index (χ2v) is 6.98. The van der Waals surface area contributed by atoms with E-state index in [1.54, 1.807) is 11.8 Å². The number of fused-ring (bicyclic) bond motifs is 1. The minimum atomic E-state index is -0.646. The van der Waals surface area contributed by atoms with E-state index in [1.807, 2.05) is 66.7 Å². The predicted octanol–water partition coefficient (Wildman–Crippen LogP) is 3.67. The van der Waals surface area contributed by atoms with E-state index in [0.29, 0.717) is 12.8 Å². The van der Waals surface area contributed by atoms with Crippen molar-refractivity contribution in [2.75, 3.05) is 13.7 Å². The van der Waals surface area contributed by atoms with Crippen LogP contribution in [-0.2, 0) is 12.8 Å². The molecule has 29 heavy (non-hydrogen) atoms. The zero-order chi connectivity index (χ0) is 20.1. The number of ether oxygens (including phenoxy) is 1. The first-order valence-electron chi connectivity index (χ1n) is 9.67. The van der Waals surface area contributed by atoms with Crippen LogP contribution in [0.2, 0.25) is 0 Å². The van der Waals surface area contributed by atoms with Crippen LogP contribution in [0, 0.1) is 0 Å². The Morgan fingerprint density at radius 1 is 0.931 bits per heavy atom. The number of para-hydroxylation sites is 2. The topological polar surface area (TPSA) is 56.5 Å². The molecule has 4 aromatic rings. The number of aliphatic hydroxyl groups excluding tert-OH is 1. The lowest BCUT2D eigenvalue weighted by Crippen LogP contribution is -2.26. The van der Waals surface area contributed by atoms with Gasteiger partial charge in [0.15, 0.2) is 5.82 Å². The number of hydrogen-bond acceptors (Lipinski definition) is 4. The zero-order valence-corrected chi connectivity index (χ0v) is 16.4. The lowest BCUT2D eigenvalue weighted by Gasteiger charge is -2.15. The standard InChI is InChI=1S/C24H24N2O3/c1-28-21-11-7-10-19(15-21)14-20(27)17-29-26-23-13-6-5-12-22(23)25-24(26)16-18-8-3-2-4-9-18/h2-13,15,20,27H,14,16-17H2,1H3/t20-/m1/s1. The maximum atomic E-state index is 10.5. The van der Waals surface area contributed by atoms with E-state index in [1.165, 1.54) is 0 Å². The smallest absolute Gasteiger partial charge is 0.150 e. The summed E-state index contributed by atoms with van der Waals surface area (Å²) in [5.74, 6) is 1.59. The van der Waals surface area contributed by atoms with Gasteiger partial charge >= 0.3 is 0 Å². The van der Waals surface area contributed by atoms with Crippen molar-refractivity contribution >= 4 is 11.0 Å². The van der Waals surface area contributed by atoms with Crippen LogP contribution < -0.4 is 9.57 Å². The predicted molar refractivity (Wildman–Crippen MR) is 113 cm³/mol. The molecule has 3 aromatic carbocycles. The van der Waals surface area contributed by atoms with Crippen molar-refractivity contribution in [2.24, 2.45) is 0 Å². The minimum Gasteiger partial charge on any atom is -0.497 e. The number of rotatable bonds is 8. The van der Waals surface area contributed by atoms with Crippen LogP contribution in [0.5, 0.6) is 5.75 Å². The first-order valence-corrected chi connectivity index (χ1v) is 9.67. The maximum absolute atomic E-state index is 10.5. The van der Waals surface area contributed by atoms with E-state index in [2.05, 4.69) is 12.1 Å². The van der Waals surface area contributed by atoms with Crippen molar-refractivity contribution in [1.82, 2.24) is 9.71 Å². The summed E-state index contributed by atoms with van der Waals surface area (Å²) < 4.78 is 7.00. The molecule has 0 fully saturated rings. The van der Waals surface area contributed by atoms with Gasteiger partial charge in [0.25, 0.3) is 0 Å². The van der Waals surface area contributed by atoms with Crippen molar-refractivity contribution < 1.29 is 14.7 Å². The number of hydrogen-bond donors (Lipinski definition) is 1. The molecule has 0 radical (unpaired) electrons. The van der Waals surface area contributed by atoms with Gasteiger partial charge in [0.1, 0.15) is 17.9 Å². The molecule has 0 aliphatic carbocycles. The zero-order valence-electron chi connectivity index (χ0n) is 16.4. The molecule has 0 spiro atoms. The van der Waals surface area contributed by atoms with Crippen LogP contribution in [-0.4, -0.2) is 34.6 Å². The summed E-state index contributed by atoms with van der Waals surface area (Å²) in [6.07, 6.45) is 0.493. The highest BCUT2D eigenvalue weighted by molar-refractivity contribution is 5.75. The third-order valence-electron chi connectivity index (χ3n) is 4.79. The Balaban J connectivity index is 1.51. The first-order chi connectivity index (χ1) is 14.2. The van der Waals surface area contributed by atoms with Gasteiger partial charge in [0.2, 0.25) is 0 Å². The molecule has 5 nitrogen and oxygen atoms in total. The molecule has 0 aliphatic heterocycles. The molecule has 0 unspecified atom stereocenters. The van der Waals surface area contributed by atoms with Crippen molar-refractivity contribution in [3.63, 3.8) is 0 Å². The van der Waals surface area contributed by atoms with E-state index in [0.717, 1.165) is 33.7 Å². The Morgan fingerprint density at radius 3 is 2.52 bits per heavy atom. The Labute approximate surface area is 170 Å². The summed E-state index contributed by atoms with van der Waals surface area (Å²) in [6.45, 7) is 0.166. The normalized spacial score (nSPS) is 12.1. The number of imidazole rings is 1. The van der Waals surface area contributed by atoms with Crippen molar-refractivity contribution in [3.05, 3.63) is 95.8 Å². The minimum absolute atomic E-state index is 0.166. The molecule has 5 heteroatoms. The molecule has 1 N–H and O–H groups in total. The van der Waals surface area contributed by atoms with Crippen LogP contribution in [0.3, 0.4) is 0 Å². The molecule has 1 heterocycles. The second-order valence-electron chi connectivity index (χ2n) is 6.98. The highest BCUT2D eigenvalue weighted by Gasteiger charge is 2.14. The quantitative estimate of drug-likeness (QED) is 0.500. The molecule has 1 aromatic heterocycles. The maximum Gasteiger partial charge on any atom is 0.150 e. The molecule has 0 saturated heterocycles. The van der Waals surface area contributed by atoms with E-state index < -0.39 is 6.10 Å². The van der Waals surface area contributed by atoms with Crippen molar-refractivity contribution in [2.45, 2.75) is 18.9 Å². The molecule has 4 rings (SSSR count). The van der Waals surface area contributed by atoms with Crippen LogP contribution in [0.4, 0.5) is 0 Å². The van der Waals surface area contributed by atoms with Crippen LogP contribution in [0.1, 0.15) is 17.0 Å². The fraction of sp³-hybridized carbons (Fsp3) is 0.208. The van der Waals surface area contributed by atoms with E-state index in [9.17, 15) is 5.11 Å². The summed E-state index contributed by atoms with van der Waals surface area (Å²) in [5.41, 5.74) is 3.93. The molecular formula is C24H24N2O3. The van der Waals surface area contributed by atoms with Gasteiger partial charge in [-0.1, -0.05) is 54.6 Å². The molecule has 148 valence electrons. The summed E-state index contributed by atoms with van der Waals surface area (Å²) >= 11 is 0. The molecular weight excluding hydrogens is 364 g/mol. The average molecular weight is 388 g/mol. The molecule has 1 atom stereocenters. The van der Waals surface area contributed by atoms with Gasteiger partial charge in [0.05, 0.1) is 18.7 Å². The van der Waals surface area contributed by atoms with Crippen molar-refractivity contribution in [1.29, 1.82) is 0 Å². The fourth-order valence-corrected chi connectivity index (χ4v) is 3.38. The van der Waals surface area contributed by atoms with E-state index >= 15 is 0 Å². The highest BCUT2D eigenvalue weighted by Crippen LogP contribution is 2.18. The summed E-state index contributed by atoms with van der Waals surface area (Å²) in [7, 11) is 1.64. The lowest BCUT2D eigenvalue weighted by atomic mass is 10.1. The molecule has 0 amide bonds. The van der Waals surface area contributed by atoms with E-state index in [4.69, 9.17) is 14.6 Å². The van der Waals surface area contributed by atoms with Gasteiger partial charge in [-0.3, -0.25) is 0 Å². The summed E-state index contributed by atoms with van der Waals surface area (Å²) in [6, 6.07) is 25.7. The number of methoxy groups -OCH3 is 1. The van der Waals surface area contributed by atoms with Gasteiger partial charge in [-0.05, 0) is 35.4 Å². The highest BCUT2D eigenvalue weighted by atomic mass is 16.7. The number of aliphatic hydroxyl groups is 1. The van der Waals surface area contributed by atoms with Crippen LogP contribution >= 0.6 is 0 Å². The average Bonchev–Trinajstić information content (AvgIpc) is 3.10. The third-order valence-corrected chi connectivity index (χ3v) is 4.79. The number of benzene rings is 3. The second kappa shape index (κ2) is 8.80. The fourth-order valence-electron chi connectivity index (χ4n) is 3.38. The summed E-state index contributed by atoms with van der Waals surface area (Å²) in [4.78, 5) is 10.8. The summed E-state index contributed by atoms with van der Waals surface area (Å²) in [5, 5.41) is 10.5. The van der Waals surface area contributed by atoms with Crippen LogP contribution in [0.15, 0.2) is 78.9 Å². The Kier molecular flexibility index (Phi) is 5.77. The van der Waals surface area contributed by atoms with Gasteiger partial charge in [-0.2, -0.15) is 4.73 Å². The monoisotopic (exact) mass is 388 g/mol.